The molecule has 0 aromatic heterocycles. The van der Waals surface area contributed by atoms with Gasteiger partial charge < -0.3 is 14.2 Å². The standard InChI is InChI=1S/C35H35FO7/c1-3-4-5-6-10-27(2)42-34(37)31-17-21-33(22-18-31)43-35(38)30-13-11-28(12-14-30)29-15-19-32(20-16-29)39-24-9-26-41-40-25-8-7-23-36/h11-22,27H,3-6,9-10,24,26H2,1-2H3. The van der Waals surface area contributed by atoms with Crippen molar-refractivity contribution in [2.24, 2.45) is 0 Å². The van der Waals surface area contributed by atoms with Gasteiger partial charge in [-0.3, -0.25) is 4.89 Å². The highest BCUT2D eigenvalue weighted by molar-refractivity contribution is 5.92. The van der Waals surface area contributed by atoms with Gasteiger partial charge in [-0.2, -0.15) is 4.89 Å². The normalized spacial score (nSPS) is 10.8. The largest absolute Gasteiger partial charge is 0.494 e. The van der Waals surface area contributed by atoms with Gasteiger partial charge in [0, 0.05) is 18.3 Å². The van der Waals surface area contributed by atoms with Gasteiger partial charge in [0.2, 0.25) is 0 Å². The van der Waals surface area contributed by atoms with Crippen LogP contribution in [0, 0.1) is 24.1 Å². The molecular formula is C35H35FO7. The fourth-order valence-electron chi connectivity index (χ4n) is 3.98. The van der Waals surface area contributed by atoms with Crippen LogP contribution in [-0.4, -0.2) is 31.3 Å². The number of rotatable bonds is 16. The van der Waals surface area contributed by atoms with Crippen LogP contribution in [0.4, 0.5) is 4.39 Å². The Morgan fingerprint density at radius 2 is 1.37 bits per heavy atom. The Balaban J connectivity index is 1.42. The summed E-state index contributed by atoms with van der Waals surface area (Å²) >= 11 is 0. The van der Waals surface area contributed by atoms with E-state index in [0.717, 1.165) is 36.6 Å². The first-order chi connectivity index (χ1) is 21.0. The number of esters is 2. The van der Waals surface area contributed by atoms with Crippen LogP contribution in [0.3, 0.4) is 0 Å². The Morgan fingerprint density at radius 3 is 2.05 bits per heavy atom. The predicted octanol–water partition coefficient (Wildman–Crippen LogP) is 7.70. The van der Waals surface area contributed by atoms with E-state index in [9.17, 15) is 14.0 Å². The lowest BCUT2D eigenvalue weighted by molar-refractivity contribution is -0.237. The van der Waals surface area contributed by atoms with Crippen LogP contribution in [0.15, 0.2) is 72.8 Å². The molecule has 0 amide bonds. The fourth-order valence-corrected chi connectivity index (χ4v) is 3.98. The van der Waals surface area contributed by atoms with Crippen molar-refractivity contribution in [1.29, 1.82) is 0 Å². The summed E-state index contributed by atoms with van der Waals surface area (Å²) in [4.78, 5) is 34.4. The van der Waals surface area contributed by atoms with E-state index in [1.807, 2.05) is 49.2 Å². The van der Waals surface area contributed by atoms with Gasteiger partial charge in [0.25, 0.3) is 0 Å². The van der Waals surface area contributed by atoms with E-state index in [1.54, 1.807) is 36.4 Å². The summed E-state index contributed by atoms with van der Waals surface area (Å²) in [5, 5.41) is 0. The highest BCUT2D eigenvalue weighted by Crippen LogP contribution is 2.24. The molecule has 0 saturated carbocycles. The van der Waals surface area contributed by atoms with Gasteiger partial charge in [0.1, 0.15) is 17.7 Å². The summed E-state index contributed by atoms with van der Waals surface area (Å²) in [5.41, 5.74) is 2.69. The van der Waals surface area contributed by atoms with Gasteiger partial charge in [-0.05, 0) is 79.4 Å². The maximum absolute atomic E-state index is 12.7. The lowest BCUT2D eigenvalue weighted by Gasteiger charge is -2.13. The second kappa shape index (κ2) is 18.6. The van der Waals surface area contributed by atoms with Crippen molar-refractivity contribution in [3.8, 4) is 46.7 Å². The molecule has 3 aromatic rings. The number of hydrogen-bond donors (Lipinski definition) is 0. The average molecular weight is 587 g/mol. The van der Waals surface area contributed by atoms with Crippen molar-refractivity contribution in [1.82, 2.24) is 0 Å². The van der Waals surface area contributed by atoms with Crippen LogP contribution in [-0.2, 0) is 14.5 Å². The number of halogens is 1. The van der Waals surface area contributed by atoms with E-state index in [4.69, 9.17) is 19.1 Å². The third-order valence-electron chi connectivity index (χ3n) is 6.28. The van der Waals surface area contributed by atoms with E-state index in [0.29, 0.717) is 35.7 Å². The van der Waals surface area contributed by atoms with Crippen molar-refractivity contribution in [2.45, 2.75) is 58.5 Å². The van der Waals surface area contributed by atoms with Gasteiger partial charge in [-0.25, -0.2) is 9.59 Å². The zero-order valence-corrected chi connectivity index (χ0v) is 24.4. The molecular weight excluding hydrogens is 551 g/mol. The molecule has 43 heavy (non-hydrogen) atoms. The van der Waals surface area contributed by atoms with Crippen LogP contribution < -0.4 is 9.47 Å². The number of benzene rings is 3. The maximum Gasteiger partial charge on any atom is 0.343 e. The third-order valence-corrected chi connectivity index (χ3v) is 6.28. The second-order valence-corrected chi connectivity index (χ2v) is 9.63. The van der Waals surface area contributed by atoms with Crippen LogP contribution in [0.1, 0.15) is 73.1 Å². The van der Waals surface area contributed by atoms with Crippen LogP contribution in [0.5, 0.6) is 11.5 Å². The molecule has 0 bridgehead atoms. The summed E-state index contributed by atoms with van der Waals surface area (Å²) in [6.45, 7) is 4.72. The highest BCUT2D eigenvalue weighted by atomic mass is 19.1. The topological polar surface area (TPSA) is 80.3 Å². The van der Waals surface area contributed by atoms with Gasteiger partial charge in [0.15, 0.2) is 6.11 Å². The summed E-state index contributed by atoms with van der Waals surface area (Å²) in [5.74, 6) is 4.13. The molecule has 0 aliphatic rings. The molecule has 0 fully saturated rings. The number of carbonyl (C=O) groups is 2. The maximum atomic E-state index is 12.7. The Morgan fingerprint density at radius 1 is 0.744 bits per heavy atom. The molecule has 0 radical (unpaired) electrons. The van der Waals surface area contributed by atoms with Crippen molar-refractivity contribution in [2.75, 3.05) is 13.2 Å². The average Bonchev–Trinajstić information content (AvgIpc) is 3.03. The van der Waals surface area contributed by atoms with Crippen LogP contribution in [0.25, 0.3) is 11.1 Å². The van der Waals surface area contributed by atoms with E-state index in [1.165, 1.54) is 12.8 Å². The second-order valence-electron chi connectivity index (χ2n) is 9.63. The van der Waals surface area contributed by atoms with E-state index in [2.05, 4.69) is 23.8 Å². The number of unbranched alkanes of at least 4 members (excludes halogenated alkanes) is 3. The van der Waals surface area contributed by atoms with E-state index < -0.39 is 5.97 Å². The van der Waals surface area contributed by atoms with Crippen LogP contribution in [0.2, 0.25) is 0 Å². The minimum atomic E-state index is -0.499. The molecule has 8 heteroatoms. The Bertz CT molecular complexity index is 1410. The first-order valence-corrected chi connectivity index (χ1v) is 14.3. The fraction of sp³-hybridized carbons (Fsp3) is 0.314. The predicted molar refractivity (Wildman–Crippen MR) is 161 cm³/mol. The summed E-state index contributed by atoms with van der Waals surface area (Å²) in [7, 11) is 0. The minimum Gasteiger partial charge on any atom is -0.494 e. The van der Waals surface area contributed by atoms with Gasteiger partial charge in [-0.15, -0.1) is 4.39 Å². The Hall–Kier alpha value is -4.79. The molecule has 0 saturated heterocycles. The zero-order valence-electron chi connectivity index (χ0n) is 24.4. The van der Waals surface area contributed by atoms with Crippen molar-refractivity contribution in [3.05, 3.63) is 83.9 Å². The smallest absolute Gasteiger partial charge is 0.343 e. The molecule has 224 valence electrons. The molecule has 1 atom stereocenters. The molecule has 1 unspecified atom stereocenters. The van der Waals surface area contributed by atoms with E-state index in [-0.39, 0.29) is 18.7 Å². The zero-order chi connectivity index (χ0) is 30.7. The van der Waals surface area contributed by atoms with Crippen molar-refractivity contribution >= 4 is 11.9 Å². The van der Waals surface area contributed by atoms with Crippen LogP contribution >= 0.6 is 0 Å². The molecule has 0 spiro atoms. The van der Waals surface area contributed by atoms with Crippen molar-refractivity contribution in [3.63, 3.8) is 0 Å². The van der Waals surface area contributed by atoms with Gasteiger partial charge in [0.05, 0.1) is 30.4 Å². The molecule has 3 aromatic carbocycles. The Labute approximate surface area is 252 Å². The van der Waals surface area contributed by atoms with Gasteiger partial charge >= 0.3 is 11.9 Å². The number of ether oxygens (including phenoxy) is 3. The molecule has 0 aliphatic carbocycles. The number of hydrogen-bond acceptors (Lipinski definition) is 7. The quantitative estimate of drug-likeness (QED) is 0.0425. The minimum absolute atomic E-state index is 0.146. The van der Waals surface area contributed by atoms with E-state index >= 15 is 0 Å². The molecule has 3 rings (SSSR count). The first-order valence-electron chi connectivity index (χ1n) is 14.3. The van der Waals surface area contributed by atoms with Gasteiger partial charge in [-0.1, -0.05) is 50.5 Å². The first kappa shape index (κ1) is 32.7. The highest BCUT2D eigenvalue weighted by Gasteiger charge is 2.14. The summed E-state index contributed by atoms with van der Waals surface area (Å²) in [6, 6.07) is 21.0. The summed E-state index contributed by atoms with van der Waals surface area (Å²) < 4.78 is 28.2. The third kappa shape index (κ3) is 11.9. The molecule has 0 aliphatic heterocycles. The Kier molecular flexibility index (Phi) is 14.2. The number of carbonyl (C=O) groups excluding carboxylic acids is 2. The SMILES string of the molecule is CCCCCCC(C)OC(=O)c1ccc(OC(=O)c2ccc(-c3ccc(OCCCOOC#CC#CF)cc3)cc2)cc1. The lowest BCUT2D eigenvalue weighted by atomic mass is 10.0. The molecule has 0 N–H and O–H groups in total. The molecule has 7 nitrogen and oxygen atoms in total. The van der Waals surface area contributed by atoms with Crippen molar-refractivity contribution < 1.29 is 38.0 Å². The molecule has 0 heterocycles. The lowest BCUT2D eigenvalue weighted by Crippen LogP contribution is -2.15. The summed E-state index contributed by atoms with van der Waals surface area (Å²) in [6.07, 6.45) is 9.00. The monoisotopic (exact) mass is 586 g/mol.